The average molecular weight is 375 g/mol. The van der Waals surface area contributed by atoms with Crippen molar-refractivity contribution in [2.75, 3.05) is 45.7 Å². The summed E-state index contributed by atoms with van der Waals surface area (Å²) >= 11 is 0. The van der Waals surface area contributed by atoms with E-state index >= 15 is 0 Å². The minimum Gasteiger partial charge on any atom is -0.495 e. The van der Waals surface area contributed by atoms with Gasteiger partial charge in [-0.25, -0.2) is 4.79 Å². The Hall–Kier alpha value is -1.95. The van der Waals surface area contributed by atoms with Crippen molar-refractivity contribution in [3.05, 3.63) is 24.3 Å². The fourth-order valence-corrected chi connectivity index (χ4v) is 4.21. The van der Waals surface area contributed by atoms with Gasteiger partial charge in [0.1, 0.15) is 5.75 Å². The molecular weight excluding hydrogens is 340 g/mol. The summed E-state index contributed by atoms with van der Waals surface area (Å²) < 4.78 is 5.48. The number of carbonyl (C=O) groups excluding carboxylic acids is 1. The summed E-state index contributed by atoms with van der Waals surface area (Å²) in [6.45, 7) is 5.16. The van der Waals surface area contributed by atoms with Crippen LogP contribution >= 0.6 is 0 Å². The summed E-state index contributed by atoms with van der Waals surface area (Å²) in [6.07, 6.45) is 4.02. The number of ether oxygens (including phenoxy) is 1. The van der Waals surface area contributed by atoms with Crippen LogP contribution in [0.4, 0.5) is 10.5 Å². The first kappa shape index (κ1) is 19.8. The number of urea groups is 1. The zero-order valence-electron chi connectivity index (χ0n) is 17.1. The molecule has 2 atom stereocenters. The van der Waals surface area contributed by atoms with Gasteiger partial charge in [0.05, 0.1) is 12.8 Å². The Morgan fingerprint density at radius 2 is 1.89 bits per heavy atom. The van der Waals surface area contributed by atoms with Gasteiger partial charge in [-0.05, 0) is 51.8 Å². The second-order valence-corrected chi connectivity index (χ2v) is 8.00. The highest BCUT2D eigenvalue weighted by atomic mass is 16.5. The number of rotatable bonds is 4. The highest BCUT2D eigenvalue weighted by Gasteiger charge is 2.30. The fraction of sp³-hybridized carbons (Fsp3) is 0.667. The van der Waals surface area contributed by atoms with E-state index in [1.54, 1.807) is 7.11 Å². The first-order valence-electron chi connectivity index (χ1n) is 10.1. The van der Waals surface area contributed by atoms with Gasteiger partial charge in [0, 0.05) is 44.8 Å². The summed E-state index contributed by atoms with van der Waals surface area (Å²) in [5.74, 6) is 0.913. The van der Waals surface area contributed by atoms with Gasteiger partial charge in [0.25, 0.3) is 0 Å². The van der Waals surface area contributed by atoms with Gasteiger partial charge in [-0.2, -0.15) is 0 Å². The van der Waals surface area contributed by atoms with Crippen molar-refractivity contribution < 1.29 is 9.53 Å². The van der Waals surface area contributed by atoms with E-state index in [0.29, 0.717) is 12.1 Å². The van der Waals surface area contributed by atoms with E-state index in [-0.39, 0.29) is 12.1 Å². The number of hydrogen-bond donors (Lipinski definition) is 1. The molecule has 2 saturated heterocycles. The quantitative estimate of drug-likeness (QED) is 0.880. The molecule has 0 spiro atoms. The number of amides is 2. The number of nitrogens with one attached hydrogen (secondary N) is 1. The molecule has 2 amide bonds. The lowest BCUT2D eigenvalue weighted by Gasteiger charge is -2.40. The first-order valence-corrected chi connectivity index (χ1v) is 10.1. The predicted octanol–water partition coefficient (Wildman–Crippen LogP) is 2.79. The predicted molar refractivity (Wildman–Crippen MR) is 110 cm³/mol. The van der Waals surface area contributed by atoms with Crippen molar-refractivity contribution >= 4 is 11.7 Å². The number of nitrogens with zero attached hydrogens (tertiary/aromatic N) is 3. The molecule has 3 rings (SSSR count). The Bertz CT molecular complexity index is 630. The fourth-order valence-electron chi connectivity index (χ4n) is 4.21. The third-order valence-electron chi connectivity index (χ3n) is 6.30. The topological polar surface area (TPSA) is 48.1 Å². The summed E-state index contributed by atoms with van der Waals surface area (Å²) in [6, 6.07) is 9.33. The maximum atomic E-state index is 12.7. The van der Waals surface area contributed by atoms with E-state index in [1.807, 2.05) is 30.1 Å². The molecule has 2 aliphatic rings. The van der Waals surface area contributed by atoms with Gasteiger partial charge in [0.2, 0.25) is 0 Å². The molecule has 2 aliphatic heterocycles. The van der Waals surface area contributed by atoms with Crippen molar-refractivity contribution in [3.63, 3.8) is 0 Å². The highest BCUT2D eigenvalue weighted by Crippen LogP contribution is 2.30. The van der Waals surface area contributed by atoms with Crippen molar-refractivity contribution in [2.24, 2.45) is 0 Å². The molecular formula is C21H34N4O2. The lowest BCUT2D eigenvalue weighted by atomic mass is 9.98. The normalized spacial score (nSPS) is 24.5. The van der Waals surface area contributed by atoms with Crippen LogP contribution in [0.3, 0.4) is 0 Å². The standard InChI is InChI=1S/C21H34N4O2/c1-16-15-18(11-12-23(16)2)24(3)21(26)22-17-9-13-25(14-10-17)19-7-5-6-8-20(19)27-4/h5-8,16-18H,9-15H2,1-4H3,(H,22,26). The smallest absolute Gasteiger partial charge is 0.317 e. The van der Waals surface area contributed by atoms with Crippen LogP contribution in [0.5, 0.6) is 5.75 Å². The molecule has 0 saturated carbocycles. The Labute approximate surface area is 163 Å². The Morgan fingerprint density at radius 3 is 2.56 bits per heavy atom. The van der Waals surface area contributed by atoms with E-state index in [4.69, 9.17) is 4.74 Å². The van der Waals surface area contributed by atoms with Gasteiger partial charge in [-0.1, -0.05) is 12.1 Å². The number of para-hydroxylation sites is 2. The molecule has 2 unspecified atom stereocenters. The average Bonchev–Trinajstić information content (AvgIpc) is 2.70. The van der Waals surface area contributed by atoms with Gasteiger partial charge in [-0.15, -0.1) is 0 Å². The number of hydrogen-bond acceptors (Lipinski definition) is 4. The van der Waals surface area contributed by atoms with Crippen LogP contribution in [0.2, 0.25) is 0 Å². The van der Waals surface area contributed by atoms with Crippen LogP contribution in [-0.2, 0) is 0 Å². The highest BCUT2D eigenvalue weighted by molar-refractivity contribution is 5.74. The van der Waals surface area contributed by atoms with Gasteiger partial charge in [0.15, 0.2) is 0 Å². The zero-order chi connectivity index (χ0) is 19.4. The molecule has 0 aromatic heterocycles. The molecule has 0 radical (unpaired) electrons. The van der Waals surface area contributed by atoms with E-state index < -0.39 is 0 Å². The molecule has 0 bridgehead atoms. The molecule has 1 aromatic carbocycles. The minimum absolute atomic E-state index is 0.0764. The number of methoxy groups -OCH3 is 1. The van der Waals surface area contributed by atoms with Crippen LogP contribution in [0.25, 0.3) is 0 Å². The molecule has 27 heavy (non-hydrogen) atoms. The van der Waals surface area contributed by atoms with Crippen LogP contribution in [0.1, 0.15) is 32.6 Å². The monoisotopic (exact) mass is 374 g/mol. The summed E-state index contributed by atoms with van der Waals surface area (Å²) in [4.78, 5) is 19.4. The summed E-state index contributed by atoms with van der Waals surface area (Å²) in [5, 5.41) is 3.26. The van der Waals surface area contributed by atoms with Crippen molar-refractivity contribution in [2.45, 2.75) is 50.7 Å². The lowest BCUT2D eigenvalue weighted by Crippen LogP contribution is -2.53. The molecule has 0 aliphatic carbocycles. The largest absolute Gasteiger partial charge is 0.495 e. The molecule has 6 nitrogen and oxygen atoms in total. The molecule has 6 heteroatoms. The van der Waals surface area contributed by atoms with Crippen LogP contribution in [0, 0.1) is 0 Å². The molecule has 150 valence electrons. The van der Waals surface area contributed by atoms with E-state index in [1.165, 1.54) is 0 Å². The number of likely N-dealkylation sites (tertiary alicyclic amines) is 1. The first-order chi connectivity index (χ1) is 13.0. The Kier molecular flexibility index (Phi) is 6.47. The van der Waals surface area contributed by atoms with Gasteiger partial charge in [-0.3, -0.25) is 0 Å². The molecule has 2 fully saturated rings. The maximum Gasteiger partial charge on any atom is 0.317 e. The van der Waals surface area contributed by atoms with Gasteiger partial charge >= 0.3 is 6.03 Å². The Morgan fingerprint density at radius 1 is 1.19 bits per heavy atom. The second kappa shape index (κ2) is 8.83. The number of carbonyl (C=O) groups is 1. The third kappa shape index (κ3) is 4.67. The SMILES string of the molecule is COc1ccccc1N1CCC(NC(=O)N(C)C2CCN(C)C(C)C2)CC1. The van der Waals surface area contributed by atoms with Crippen LogP contribution < -0.4 is 15.0 Å². The van der Waals surface area contributed by atoms with Gasteiger partial charge < -0.3 is 24.8 Å². The third-order valence-corrected chi connectivity index (χ3v) is 6.30. The van der Waals surface area contributed by atoms with Crippen LogP contribution in [-0.4, -0.2) is 74.8 Å². The molecule has 1 aromatic rings. The minimum atomic E-state index is 0.0764. The second-order valence-electron chi connectivity index (χ2n) is 8.00. The summed E-state index contributed by atoms with van der Waals surface area (Å²) in [7, 11) is 5.82. The number of anilines is 1. The van der Waals surface area contributed by atoms with Crippen molar-refractivity contribution in [1.29, 1.82) is 0 Å². The van der Waals surface area contributed by atoms with Crippen LogP contribution in [0.15, 0.2) is 24.3 Å². The van der Waals surface area contributed by atoms with E-state index in [9.17, 15) is 4.79 Å². The maximum absolute atomic E-state index is 12.7. The molecule has 2 heterocycles. The van der Waals surface area contributed by atoms with E-state index in [0.717, 1.165) is 56.8 Å². The molecule has 1 N–H and O–H groups in total. The van der Waals surface area contributed by atoms with E-state index in [2.05, 4.69) is 35.2 Å². The number of piperidine rings is 2. The number of benzene rings is 1. The lowest BCUT2D eigenvalue weighted by molar-refractivity contribution is 0.113. The Balaban J connectivity index is 1.49. The summed E-state index contributed by atoms with van der Waals surface area (Å²) in [5.41, 5.74) is 1.14. The van der Waals surface area contributed by atoms with Crippen molar-refractivity contribution in [1.82, 2.24) is 15.1 Å². The van der Waals surface area contributed by atoms with Crippen molar-refractivity contribution in [3.8, 4) is 5.75 Å². The zero-order valence-corrected chi connectivity index (χ0v) is 17.1.